The number of carbonyl (C=O) groups excluding carboxylic acids is 1. The van der Waals surface area contributed by atoms with E-state index in [1.807, 2.05) is 12.4 Å². The van der Waals surface area contributed by atoms with Crippen LogP contribution in [0.4, 0.5) is 0 Å². The maximum atomic E-state index is 12.8. The molecule has 2 aliphatic rings. The lowest BCUT2D eigenvalue weighted by Crippen LogP contribution is -2.50. The quantitative estimate of drug-likeness (QED) is 0.799. The number of amides is 1. The first-order chi connectivity index (χ1) is 14.7. The Labute approximate surface area is 180 Å². The fourth-order valence-corrected chi connectivity index (χ4v) is 4.90. The van der Waals surface area contributed by atoms with Crippen LogP contribution in [-0.2, 0) is 17.9 Å². The third-order valence-corrected chi connectivity index (χ3v) is 6.60. The zero-order valence-electron chi connectivity index (χ0n) is 18.1. The van der Waals surface area contributed by atoms with E-state index < -0.39 is 0 Å². The van der Waals surface area contributed by atoms with Crippen LogP contribution in [0.3, 0.4) is 0 Å². The number of hydrogen-bond acceptors (Lipinski definition) is 4. The molecule has 0 bridgehead atoms. The number of rotatable bonds is 6. The number of benzene rings is 1. The van der Waals surface area contributed by atoms with Crippen LogP contribution in [0.25, 0.3) is 0 Å². The summed E-state index contributed by atoms with van der Waals surface area (Å²) >= 11 is 0. The summed E-state index contributed by atoms with van der Waals surface area (Å²) in [7, 11) is 0. The van der Waals surface area contributed by atoms with Gasteiger partial charge < -0.3 is 5.32 Å². The molecule has 1 atom stereocenters. The molecule has 30 heavy (non-hydrogen) atoms. The molecule has 0 saturated carbocycles. The van der Waals surface area contributed by atoms with Gasteiger partial charge in [0.1, 0.15) is 0 Å². The summed E-state index contributed by atoms with van der Waals surface area (Å²) in [5.74, 6) is 0.342. The normalized spacial score (nSPS) is 21.4. The van der Waals surface area contributed by atoms with Gasteiger partial charge in [0.25, 0.3) is 0 Å². The Morgan fingerprint density at radius 3 is 2.63 bits per heavy atom. The molecule has 4 rings (SSSR count). The minimum absolute atomic E-state index is 0.124. The summed E-state index contributed by atoms with van der Waals surface area (Å²) in [6, 6.07) is 13.2. The molecule has 0 aliphatic carbocycles. The minimum atomic E-state index is 0.124. The monoisotopic (exact) mass is 406 g/mol. The molecule has 3 heterocycles. The summed E-state index contributed by atoms with van der Waals surface area (Å²) in [6.07, 6.45) is 8.28. The zero-order valence-corrected chi connectivity index (χ0v) is 18.1. The largest absolute Gasteiger partial charge is 0.352 e. The molecule has 5 nitrogen and oxygen atoms in total. The summed E-state index contributed by atoms with van der Waals surface area (Å²) < 4.78 is 0. The number of nitrogens with zero attached hydrogens (tertiary/aromatic N) is 3. The van der Waals surface area contributed by atoms with Crippen molar-refractivity contribution in [3.8, 4) is 0 Å². The number of carbonyl (C=O) groups is 1. The smallest absolute Gasteiger partial charge is 0.224 e. The van der Waals surface area contributed by atoms with Gasteiger partial charge in [-0.05, 0) is 75.5 Å². The molecule has 5 heteroatoms. The zero-order chi connectivity index (χ0) is 20.8. The van der Waals surface area contributed by atoms with E-state index >= 15 is 0 Å². The Kier molecular flexibility index (Phi) is 7.13. The Hall–Kier alpha value is -2.24. The summed E-state index contributed by atoms with van der Waals surface area (Å²) in [4.78, 5) is 22.0. The molecule has 1 unspecified atom stereocenters. The van der Waals surface area contributed by atoms with E-state index in [1.54, 1.807) is 0 Å². The lowest BCUT2D eigenvalue weighted by Gasteiger charge is -2.42. The summed E-state index contributed by atoms with van der Waals surface area (Å²) in [6.45, 7) is 8.04. The fourth-order valence-electron chi connectivity index (χ4n) is 4.90. The molecule has 2 aliphatic heterocycles. The number of nitrogens with one attached hydrogen (secondary N) is 1. The Balaban J connectivity index is 1.23. The maximum absolute atomic E-state index is 12.8. The third-order valence-electron chi connectivity index (χ3n) is 6.60. The molecule has 1 N–H and O–H groups in total. The molecule has 1 aromatic carbocycles. The predicted octanol–water partition coefficient (Wildman–Crippen LogP) is 3.38. The van der Waals surface area contributed by atoms with Crippen LogP contribution in [0.5, 0.6) is 0 Å². The minimum Gasteiger partial charge on any atom is -0.352 e. The van der Waals surface area contributed by atoms with Crippen molar-refractivity contribution < 1.29 is 4.79 Å². The molecule has 0 radical (unpaired) electrons. The lowest BCUT2D eigenvalue weighted by atomic mass is 9.93. The van der Waals surface area contributed by atoms with Crippen LogP contribution in [-0.4, -0.2) is 52.9 Å². The third kappa shape index (κ3) is 5.67. The van der Waals surface area contributed by atoms with Crippen molar-refractivity contribution >= 4 is 5.91 Å². The SMILES string of the molecule is Cc1cccc(CNC(=O)C2CCCN(C3CCN(Cc4ccncc4)CC3)C2)c1. The lowest BCUT2D eigenvalue weighted by molar-refractivity contribution is -0.127. The molecule has 2 aromatic rings. The van der Waals surface area contributed by atoms with E-state index in [9.17, 15) is 4.79 Å². The average Bonchev–Trinajstić information content (AvgIpc) is 2.79. The molecule has 1 aromatic heterocycles. The molecule has 1 amide bonds. The first-order valence-electron chi connectivity index (χ1n) is 11.4. The van der Waals surface area contributed by atoms with Crippen molar-refractivity contribution in [3.05, 3.63) is 65.5 Å². The number of aromatic nitrogens is 1. The van der Waals surface area contributed by atoms with E-state index in [4.69, 9.17) is 0 Å². The second-order valence-electron chi connectivity index (χ2n) is 8.90. The van der Waals surface area contributed by atoms with Crippen LogP contribution < -0.4 is 5.32 Å². The van der Waals surface area contributed by atoms with Gasteiger partial charge >= 0.3 is 0 Å². The molecular formula is C25H34N4O. The van der Waals surface area contributed by atoms with Gasteiger partial charge in [-0.25, -0.2) is 0 Å². The van der Waals surface area contributed by atoms with Crippen LogP contribution in [0.15, 0.2) is 48.8 Å². The maximum Gasteiger partial charge on any atom is 0.224 e. The summed E-state index contributed by atoms with van der Waals surface area (Å²) in [5, 5.41) is 3.17. The van der Waals surface area contributed by atoms with Crippen LogP contribution in [0.2, 0.25) is 0 Å². The Morgan fingerprint density at radius 1 is 1.07 bits per heavy atom. The first-order valence-corrected chi connectivity index (χ1v) is 11.4. The van der Waals surface area contributed by atoms with E-state index in [0.29, 0.717) is 12.6 Å². The van der Waals surface area contributed by atoms with Gasteiger partial charge in [0.2, 0.25) is 5.91 Å². The van der Waals surface area contributed by atoms with Gasteiger partial charge in [-0.2, -0.15) is 0 Å². The predicted molar refractivity (Wildman–Crippen MR) is 120 cm³/mol. The number of likely N-dealkylation sites (tertiary alicyclic amines) is 2. The van der Waals surface area contributed by atoms with E-state index in [2.05, 4.69) is 63.4 Å². The standard InChI is InChI=1S/C25H34N4O/c1-20-4-2-5-22(16-20)17-27-25(30)23-6-3-13-29(19-23)24-9-14-28(15-10-24)18-21-7-11-26-12-8-21/h2,4-5,7-8,11-12,16,23-24H,3,6,9-10,13-15,17-19H2,1H3,(H,27,30). The number of hydrogen-bond donors (Lipinski definition) is 1. The van der Waals surface area contributed by atoms with Crippen molar-refractivity contribution in [3.63, 3.8) is 0 Å². The molecule has 0 spiro atoms. The van der Waals surface area contributed by atoms with Crippen molar-refractivity contribution in [2.45, 2.75) is 51.7 Å². The number of pyridine rings is 1. The topological polar surface area (TPSA) is 48.5 Å². The van der Waals surface area contributed by atoms with Gasteiger partial charge in [0, 0.05) is 38.1 Å². The van der Waals surface area contributed by atoms with Crippen LogP contribution in [0.1, 0.15) is 42.4 Å². The summed E-state index contributed by atoms with van der Waals surface area (Å²) in [5.41, 5.74) is 3.75. The van der Waals surface area contributed by atoms with Crippen molar-refractivity contribution in [1.29, 1.82) is 0 Å². The number of aryl methyl sites for hydroxylation is 1. The Morgan fingerprint density at radius 2 is 1.87 bits per heavy atom. The highest BCUT2D eigenvalue weighted by molar-refractivity contribution is 5.79. The average molecular weight is 407 g/mol. The molecule has 2 fully saturated rings. The van der Waals surface area contributed by atoms with Gasteiger partial charge in [0.15, 0.2) is 0 Å². The number of piperidine rings is 2. The second kappa shape index (κ2) is 10.2. The Bertz CT molecular complexity index is 817. The van der Waals surface area contributed by atoms with E-state index in [0.717, 1.165) is 45.6 Å². The highest BCUT2D eigenvalue weighted by atomic mass is 16.1. The molecular weight excluding hydrogens is 372 g/mol. The van der Waals surface area contributed by atoms with Crippen molar-refractivity contribution in [2.24, 2.45) is 5.92 Å². The van der Waals surface area contributed by atoms with Crippen LogP contribution >= 0.6 is 0 Å². The van der Waals surface area contributed by atoms with E-state index in [-0.39, 0.29) is 11.8 Å². The second-order valence-corrected chi connectivity index (χ2v) is 8.90. The first kappa shape index (κ1) is 21.0. The fraction of sp³-hybridized carbons (Fsp3) is 0.520. The van der Waals surface area contributed by atoms with E-state index in [1.165, 1.54) is 29.5 Å². The van der Waals surface area contributed by atoms with Gasteiger partial charge in [0.05, 0.1) is 5.92 Å². The highest BCUT2D eigenvalue weighted by Crippen LogP contribution is 2.24. The van der Waals surface area contributed by atoms with Gasteiger partial charge in [-0.3, -0.25) is 19.6 Å². The van der Waals surface area contributed by atoms with Crippen LogP contribution in [0, 0.1) is 12.8 Å². The van der Waals surface area contributed by atoms with Gasteiger partial charge in [-0.1, -0.05) is 29.8 Å². The van der Waals surface area contributed by atoms with Crippen molar-refractivity contribution in [1.82, 2.24) is 20.1 Å². The van der Waals surface area contributed by atoms with Gasteiger partial charge in [-0.15, -0.1) is 0 Å². The highest BCUT2D eigenvalue weighted by Gasteiger charge is 2.31. The molecule has 2 saturated heterocycles. The van der Waals surface area contributed by atoms with Crippen molar-refractivity contribution in [2.75, 3.05) is 26.2 Å². The molecule has 160 valence electrons.